The first-order chi connectivity index (χ1) is 5.33. The van der Waals surface area contributed by atoms with Crippen molar-refractivity contribution in [3.05, 3.63) is 0 Å². The normalized spacial score (nSPS) is 16.2. The van der Waals surface area contributed by atoms with Crippen molar-refractivity contribution in [3.8, 4) is 0 Å². The summed E-state index contributed by atoms with van der Waals surface area (Å²) in [4.78, 5) is 27.2. The van der Waals surface area contributed by atoms with E-state index in [-0.39, 0.29) is 0 Å². The molecule has 0 atom stereocenters. The van der Waals surface area contributed by atoms with Gasteiger partial charge in [0.15, 0.2) is 0 Å². The molecule has 0 unspecified atom stereocenters. The SMILES string of the molecule is CO[PH](C)(O)O[PH](O)(O)OSC. The van der Waals surface area contributed by atoms with E-state index in [2.05, 4.69) is 12.8 Å². The summed E-state index contributed by atoms with van der Waals surface area (Å²) in [5.74, 6) is 0. The molecule has 0 fully saturated rings. The first kappa shape index (κ1) is 13.0. The van der Waals surface area contributed by atoms with E-state index >= 15 is 0 Å². The van der Waals surface area contributed by atoms with Crippen LogP contribution in [0.15, 0.2) is 0 Å². The molecule has 0 amide bonds. The molecule has 0 aliphatic rings. The Hall–Kier alpha value is 0.970. The van der Waals surface area contributed by atoms with E-state index in [1.165, 1.54) is 20.0 Å². The van der Waals surface area contributed by atoms with Crippen molar-refractivity contribution in [1.82, 2.24) is 0 Å². The molecule has 9 heteroatoms. The fraction of sp³-hybridized carbons (Fsp3) is 1.00. The Morgan fingerprint density at radius 1 is 1.25 bits per heavy atom. The van der Waals surface area contributed by atoms with E-state index in [0.29, 0.717) is 0 Å². The van der Waals surface area contributed by atoms with Gasteiger partial charge in [-0.1, -0.05) is 0 Å². The van der Waals surface area contributed by atoms with Gasteiger partial charge in [-0.25, -0.2) is 0 Å². The fourth-order valence-electron chi connectivity index (χ4n) is 0.414. The first-order valence-corrected chi connectivity index (χ1v) is 8.09. The Bertz CT molecular complexity index is 141. The van der Waals surface area contributed by atoms with Gasteiger partial charge in [0.1, 0.15) is 0 Å². The van der Waals surface area contributed by atoms with Crippen LogP contribution in [0.2, 0.25) is 0 Å². The molecule has 0 bridgehead atoms. The maximum atomic E-state index is 9.21. The monoisotopic (exact) mass is 240 g/mol. The molecule has 0 spiro atoms. The summed E-state index contributed by atoms with van der Waals surface area (Å²) in [6, 6.07) is 0. The van der Waals surface area contributed by atoms with Gasteiger partial charge in [0.2, 0.25) is 0 Å². The second kappa shape index (κ2) is 5.00. The predicted molar refractivity (Wildman–Crippen MR) is 51.9 cm³/mol. The van der Waals surface area contributed by atoms with Gasteiger partial charge in [-0.05, 0) is 0 Å². The Labute approximate surface area is 76.3 Å². The molecule has 0 aromatic heterocycles. The maximum absolute atomic E-state index is 9.21. The molecule has 0 saturated heterocycles. The molecular weight excluding hydrogens is 226 g/mol. The predicted octanol–water partition coefficient (Wildman–Crippen LogP) is 0.455. The molecule has 3 N–H and O–H groups in total. The summed E-state index contributed by atoms with van der Waals surface area (Å²) < 4.78 is 13.4. The Morgan fingerprint density at radius 3 is 2.08 bits per heavy atom. The second-order valence-electron chi connectivity index (χ2n) is 2.00. The molecule has 0 aliphatic carbocycles. The summed E-state index contributed by atoms with van der Waals surface area (Å²) in [5, 5.41) is 0. The zero-order valence-corrected chi connectivity index (χ0v) is 9.79. The first-order valence-electron chi connectivity index (χ1n) is 2.97. The second-order valence-corrected chi connectivity index (χ2v) is 7.12. The molecular formula is C3H14O6P2S. The van der Waals surface area contributed by atoms with Crippen molar-refractivity contribution < 1.29 is 27.5 Å². The number of hydrogen-bond donors (Lipinski definition) is 3. The average molecular weight is 240 g/mol. The van der Waals surface area contributed by atoms with Gasteiger partial charge < -0.3 is 0 Å². The van der Waals surface area contributed by atoms with Crippen LogP contribution in [0.3, 0.4) is 0 Å². The Morgan fingerprint density at radius 2 is 1.75 bits per heavy atom. The number of rotatable bonds is 5. The fourth-order valence-corrected chi connectivity index (χ4v) is 4.03. The van der Waals surface area contributed by atoms with Crippen LogP contribution >= 0.6 is 28.2 Å². The van der Waals surface area contributed by atoms with Gasteiger partial charge >= 0.3 is 75.7 Å². The quantitative estimate of drug-likeness (QED) is 0.475. The van der Waals surface area contributed by atoms with Crippen molar-refractivity contribution in [3.63, 3.8) is 0 Å². The Kier molecular flexibility index (Phi) is 5.41. The zero-order chi connectivity index (χ0) is 9.83. The van der Waals surface area contributed by atoms with Gasteiger partial charge in [0, 0.05) is 0 Å². The zero-order valence-electron chi connectivity index (χ0n) is 6.97. The topological polar surface area (TPSA) is 88.4 Å². The Balaban J connectivity index is 4.04. The molecule has 6 nitrogen and oxygen atoms in total. The van der Waals surface area contributed by atoms with E-state index in [9.17, 15) is 4.89 Å². The van der Waals surface area contributed by atoms with Crippen LogP contribution < -0.4 is 0 Å². The molecule has 12 heavy (non-hydrogen) atoms. The third-order valence-electron chi connectivity index (χ3n) is 0.893. The summed E-state index contributed by atoms with van der Waals surface area (Å²) in [7, 11) is -6.42. The van der Waals surface area contributed by atoms with Crippen molar-refractivity contribution in [2.24, 2.45) is 0 Å². The van der Waals surface area contributed by atoms with Crippen LogP contribution in [0.4, 0.5) is 0 Å². The van der Waals surface area contributed by atoms with Crippen molar-refractivity contribution in [2.75, 3.05) is 20.0 Å². The van der Waals surface area contributed by atoms with Gasteiger partial charge in [0.25, 0.3) is 0 Å². The molecule has 0 heterocycles. The van der Waals surface area contributed by atoms with Gasteiger partial charge in [-0.2, -0.15) is 0 Å². The molecule has 0 rings (SSSR count). The average Bonchev–Trinajstić information content (AvgIpc) is 1.85. The number of hydrogen-bond acceptors (Lipinski definition) is 7. The molecule has 0 aromatic carbocycles. The molecule has 78 valence electrons. The van der Waals surface area contributed by atoms with Crippen LogP contribution in [0, 0.1) is 0 Å². The van der Waals surface area contributed by atoms with Crippen molar-refractivity contribution >= 4 is 28.2 Å². The molecule has 0 aliphatic heterocycles. The van der Waals surface area contributed by atoms with Crippen molar-refractivity contribution in [1.29, 1.82) is 0 Å². The van der Waals surface area contributed by atoms with E-state index in [4.69, 9.17) is 9.79 Å². The van der Waals surface area contributed by atoms with Crippen molar-refractivity contribution in [2.45, 2.75) is 0 Å². The minimum atomic E-state index is -4.21. The molecule has 0 radical (unpaired) electrons. The van der Waals surface area contributed by atoms with Gasteiger partial charge in [-0.3, -0.25) is 0 Å². The van der Waals surface area contributed by atoms with E-state index in [0.717, 1.165) is 12.0 Å². The van der Waals surface area contributed by atoms with E-state index in [1.54, 1.807) is 0 Å². The molecule has 0 aromatic rings. The summed E-state index contributed by atoms with van der Waals surface area (Å²) >= 11 is 0.752. The summed E-state index contributed by atoms with van der Waals surface area (Å²) in [6.07, 6.45) is 1.50. The molecule has 0 saturated carbocycles. The van der Waals surface area contributed by atoms with E-state index < -0.39 is 16.1 Å². The van der Waals surface area contributed by atoms with Gasteiger partial charge in [-0.15, -0.1) is 0 Å². The van der Waals surface area contributed by atoms with Crippen LogP contribution in [0.25, 0.3) is 0 Å². The van der Waals surface area contributed by atoms with Crippen LogP contribution in [0.5, 0.6) is 0 Å². The summed E-state index contributed by atoms with van der Waals surface area (Å²) in [5.41, 5.74) is 0. The third kappa shape index (κ3) is 5.59. The van der Waals surface area contributed by atoms with Gasteiger partial charge in [0.05, 0.1) is 0 Å². The minimum absolute atomic E-state index is 0.752. The van der Waals surface area contributed by atoms with Crippen LogP contribution in [-0.4, -0.2) is 34.7 Å². The van der Waals surface area contributed by atoms with E-state index in [1.807, 2.05) is 0 Å². The standard InChI is InChI=1S/C3H14O6P2S/c1-7-10(2,4)8-11(5,6)9-12-3/h4-6,10-11H,1-3H3. The van der Waals surface area contributed by atoms with Crippen LogP contribution in [-0.2, 0) is 12.8 Å². The summed E-state index contributed by atoms with van der Waals surface area (Å²) in [6.45, 7) is 1.25. The third-order valence-corrected chi connectivity index (χ3v) is 5.76. The van der Waals surface area contributed by atoms with Crippen LogP contribution in [0.1, 0.15) is 0 Å².